The number of nitro benzene ring substituents is 1. The van der Waals surface area contributed by atoms with Crippen molar-refractivity contribution in [2.75, 3.05) is 5.32 Å². The molecule has 1 aromatic heterocycles. The van der Waals surface area contributed by atoms with Crippen LogP contribution in [0.3, 0.4) is 0 Å². The fourth-order valence-electron chi connectivity index (χ4n) is 2.32. The lowest BCUT2D eigenvalue weighted by molar-refractivity contribution is -0.384. The number of non-ortho nitro benzene ring substituents is 1. The molecule has 1 heterocycles. The van der Waals surface area contributed by atoms with Crippen LogP contribution in [-0.2, 0) is 11.2 Å². The Morgan fingerprint density at radius 1 is 1.22 bits per heavy atom. The second-order valence-electron chi connectivity index (χ2n) is 5.84. The van der Waals surface area contributed by atoms with E-state index in [2.05, 4.69) is 15.5 Å². The van der Waals surface area contributed by atoms with E-state index in [-0.39, 0.29) is 11.7 Å². The van der Waals surface area contributed by atoms with Crippen LogP contribution in [0.15, 0.2) is 59.0 Å². The number of rotatable bonds is 6. The predicted molar refractivity (Wildman–Crippen MR) is 99.0 cm³/mol. The molecule has 136 valence electrons. The summed E-state index contributed by atoms with van der Waals surface area (Å²) in [6.45, 7) is 2.01. The summed E-state index contributed by atoms with van der Waals surface area (Å²) in [4.78, 5) is 22.2. The van der Waals surface area contributed by atoms with Crippen LogP contribution in [0.2, 0.25) is 0 Å². The van der Waals surface area contributed by atoms with Gasteiger partial charge < -0.3 is 4.42 Å². The van der Waals surface area contributed by atoms with Gasteiger partial charge in [-0.3, -0.25) is 20.2 Å². The molecular weight excluding hydrogens is 348 g/mol. The SMILES string of the molecule is Cc1ccc(Cc2nnc(NC(=O)C=Cc3cccc([N+](=O)[O-])c3)o2)cc1. The Balaban J connectivity index is 1.59. The Morgan fingerprint density at radius 2 is 2.00 bits per heavy atom. The molecule has 0 unspecified atom stereocenters. The summed E-state index contributed by atoms with van der Waals surface area (Å²) in [5, 5.41) is 20.9. The summed E-state index contributed by atoms with van der Waals surface area (Å²) in [5.41, 5.74) is 2.67. The minimum absolute atomic E-state index is 0.00851. The van der Waals surface area contributed by atoms with Gasteiger partial charge in [0.2, 0.25) is 5.89 Å². The molecule has 1 amide bonds. The monoisotopic (exact) mass is 364 g/mol. The van der Waals surface area contributed by atoms with Crippen molar-refractivity contribution in [2.24, 2.45) is 0 Å². The number of aryl methyl sites for hydroxylation is 1. The van der Waals surface area contributed by atoms with Gasteiger partial charge in [0, 0.05) is 18.2 Å². The number of amides is 1. The average molecular weight is 364 g/mol. The van der Waals surface area contributed by atoms with E-state index in [1.54, 1.807) is 12.1 Å². The highest BCUT2D eigenvalue weighted by Gasteiger charge is 2.09. The van der Waals surface area contributed by atoms with Crippen molar-refractivity contribution in [3.8, 4) is 0 Å². The minimum atomic E-state index is -0.495. The lowest BCUT2D eigenvalue weighted by Crippen LogP contribution is -2.07. The first kappa shape index (κ1) is 18.0. The van der Waals surface area contributed by atoms with E-state index in [4.69, 9.17) is 4.42 Å². The maximum atomic E-state index is 12.0. The zero-order chi connectivity index (χ0) is 19.2. The minimum Gasteiger partial charge on any atom is -0.407 e. The van der Waals surface area contributed by atoms with Gasteiger partial charge in [0.25, 0.3) is 11.6 Å². The van der Waals surface area contributed by atoms with Crippen molar-refractivity contribution < 1.29 is 14.1 Å². The van der Waals surface area contributed by atoms with Crippen molar-refractivity contribution in [3.63, 3.8) is 0 Å². The number of carbonyl (C=O) groups is 1. The highest BCUT2D eigenvalue weighted by Crippen LogP contribution is 2.15. The van der Waals surface area contributed by atoms with Crippen LogP contribution in [-0.4, -0.2) is 21.0 Å². The van der Waals surface area contributed by atoms with Crippen molar-refractivity contribution in [2.45, 2.75) is 13.3 Å². The third kappa shape index (κ3) is 5.08. The van der Waals surface area contributed by atoms with E-state index < -0.39 is 10.8 Å². The van der Waals surface area contributed by atoms with Gasteiger partial charge >= 0.3 is 6.01 Å². The molecule has 0 aliphatic rings. The summed E-state index contributed by atoms with van der Waals surface area (Å²) in [6.07, 6.45) is 3.17. The largest absolute Gasteiger partial charge is 0.407 e. The first-order chi connectivity index (χ1) is 13.0. The molecule has 3 rings (SSSR count). The predicted octanol–water partition coefficient (Wildman–Crippen LogP) is 3.53. The molecule has 0 aliphatic heterocycles. The molecule has 8 nitrogen and oxygen atoms in total. The Bertz CT molecular complexity index is 993. The van der Waals surface area contributed by atoms with Crippen LogP contribution in [0.1, 0.15) is 22.6 Å². The molecular formula is C19H16N4O4. The van der Waals surface area contributed by atoms with E-state index in [0.717, 1.165) is 11.1 Å². The van der Waals surface area contributed by atoms with E-state index in [9.17, 15) is 14.9 Å². The van der Waals surface area contributed by atoms with Gasteiger partial charge in [-0.2, -0.15) is 0 Å². The van der Waals surface area contributed by atoms with Crippen molar-refractivity contribution in [3.05, 3.63) is 87.3 Å². The van der Waals surface area contributed by atoms with Crippen molar-refractivity contribution >= 4 is 23.7 Å². The zero-order valence-corrected chi connectivity index (χ0v) is 14.5. The van der Waals surface area contributed by atoms with Crippen molar-refractivity contribution in [1.29, 1.82) is 0 Å². The molecule has 0 saturated heterocycles. The lowest BCUT2D eigenvalue weighted by atomic mass is 10.1. The molecule has 0 saturated carbocycles. The number of hydrogen-bond acceptors (Lipinski definition) is 6. The van der Waals surface area contributed by atoms with E-state index in [1.165, 1.54) is 24.3 Å². The molecule has 0 bridgehead atoms. The number of anilines is 1. The highest BCUT2D eigenvalue weighted by molar-refractivity contribution is 6.00. The fraction of sp³-hybridized carbons (Fsp3) is 0.105. The maximum Gasteiger partial charge on any atom is 0.322 e. The van der Waals surface area contributed by atoms with Gasteiger partial charge in [-0.15, -0.1) is 5.10 Å². The third-order valence-electron chi connectivity index (χ3n) is 3.68. The average Bonchev–Trinajstić information content (AvgIpc) is 3.09. The Morgan fingerprint density at radius 3 is 2.74 bits per heavy atom. The second-order valence-corrected chi connectivity index (χ2v) is 5.84. The van der Waals surface area contributed by atoms with E-state index in [1.807, 2.05) is 31.2 Å². The first-order valence-electron chi connectivity index (χ1n) is 8.11. The van der Waals surface area contributed by atoms with Gasteiger partial charge in [-0.05, 0) is 24.1 Å². The first-order valence-corrected chi connectivity index (χ1v) is 8.11. The van der Waals surface area contributed by atoms with Gasteiger partial charge in [0.15, 0.2) is 0 Å². The molecule has 0 fully saturated rings. The number of nitro groups is 1. The summed E-state index contributed by atoms with van der Waals surface area (Å²) in [5.74, 6) is -0.0936. The molecule has 0 atom stereocenters. The van der Waals surface area contributed by atoms with Crippen molar-refractivity contribution in [1.82, 2.24) is 10.2 Å². The normalized spacial score (nSPS) is 10.9. The quantitative estimate of drug-likeness (QED) is 0.407. The molecule has 0 radical (unpaired) electrons. The molecule has 0 spiro atoms. The zero-order valence-electron chi connectivity index (χ0n) is 14.5. The van der Waals surface area contributed by atoms with Crippen LogP contribution < -0.4 is 5.32 Å². The number of benzene rings is 2. The summed E-state index contributed by atoms with van der Waals surface area (Å²) < 4.78 is 5.41. The van der Waals surface area contributed by atoms with E-state index in [0.29, 0.717) is 17.9 Å². The van der Waals surface area contributed by atoms with Crippen LogP contribution >= 0.6 is 0 Å². The summed E-state index contributed by atoms with van der Waals surface area (Å²) in [7, 11) is 0. The lowest BCUT2D eigenvalue weighted by Gasteiger charge is -1.98. The van der Waals surface area contributed by atoms with E-state index >= 15 is 0 Å². The highest BCUT2D eigenvalue weighted by atomic mass is 16.6. The summed E-state index contributed by atoms with van der Waals surface area (Å²) in [6, 6.07) is 13.9. The Labute approximate surface area is 154 Å². The number of nitrogens with one attached hydrogen (secondary N) is 1. The smallest absolute Gasteiger partial charge is 0.322 e. The Kier molecular flexibility index (Phi) is 5.36. The number of carbonyl (C=O) groups excluding carboxylic acids is 1. The molecule has 8 heteroatoms. The van der Waals surface area contributed by atoms with Gasteiger partial charge in [0.05, 0.1) is 11.3 Å². The van der Waals surface area contributed by atoms with Crippen LogP contribution in [0.5, 0.6) is 0 Å². The maximum absolute atomic E-state index is 12.0. The molecule has 2 aromatic carbocycles. The van der Waals surface area contributed by atoms with Gasteiger partial charge in [0.1, 0.15) is 0 Å². The van der Waals surface area contributed by atoms with Gasteiger partial charge in [-0.25, -0.2) is 0 Å². The molecule has 0 aliphatic carbocycles. The molecule has 27 heavy (non-hydrogen) atoms. The van der Waals surface area contributed by atoms with Crippen LogP contribution in [0.4, 0.5) is 11.7 Å². The van der Waals surface area contributed by atoms with Crippen LogP contribution in [0.25, 0.3) is 6.08 Å². The topological polar surface area (TPSA) is 111 Å². The number of aromatic nitrogens is 2. The standard InChI is InChI=1S/C19H16N4O4/c1-13-5-7-15(8-6-13)12-18-21-22-19(27-18)20-17(24)10-9-14-3-2-4-16(11-14)23(25)26/h2-11H,12H2,1H3,(H,20,22,24). The van der Waals surface area contributed by atoms with Gasteiger partial charge in [-0.1, -0.05) is 47.1 Å². The fourth-order valence-corrected chi connectivity index (χ4v) is 2.32. The Hall–Kier alpha value is -3.81. The molecule has 3 aromatic rings. The summed E-state index contributed by atoms with van der Waals surface area (Å²) >= 11 is 0. The second kappa shape index (κ2) is 8.05. The number of nitrogens with zero attached hydrogens (tertiary/aromatic N) is 3. The molecule has 1 N–H and O–H groups in total. The van der Waals surface area contributed by atoms with Crippen LogP contribution in [0, 0.1) is 17.0 Å². The number of hydrogen-bond donors (Lipinski definition) is 1. The third-order valence-corrected chi connectivity index (χ3v) is 3.68.